The van der Waals surface area contributed by atoms with E-state index < -0.39 is 0 Å². The number of hydrogen-bond donors (Lipinski definition) is 2. The SMILES string of the molecule is Cc1cn(O)c(=NC2CCC(NCc3ccccc3)CC2)cc1Cl. The lowest BCUT2D eigenvalue weighted by Gasteiger charge is -2.27. The van der Waals surface area contributed by atoms with Crippen molar-refractivity contribution in [3.8, 4) is 0 Å². The summed E-state index contributed by atoms with van der Waals surface area (Å²) in [6.45, 7) is 2.78. The summed E-state index contributed by atoms with van der Waals surface area (Å²) in [5.41, 5.74) is 2.69. The van der Waals surface area contributed by atoms with Gasteiger partial charge in [-0.05, 0) is 43.7 Å². The van der Waals surface area contributed by atoms with Gasteiger partial charge in [0.05, 0.1) is 12.2 Å². The molecule has 24 heavy (non-hydrogen) atoms. The van der Waals surface area contributed by atoms with Crippen molar-refractivity contribution in [3.63, 3.8) is 0 Å². The minimum atomic E-state index is 0.247. The number of aryl methyl sites for hydroxylation is 1. The molecule has 1 aromatic carbocycles. The highest BCUT2D eigenvalue weighted by Crippen LogP contribution is 2.21. The van der Waals surface area contributed by atoms with E-state index in [1.54, 1.807) is 12.3 Å². The molecule has 1 aliphatic carbocycles. The zero-order chi connectivity index (χ0) is 16.9. The van der Waals surface area contributed by atoms with E-state index >= 15 is 0 Å². The van der Waals surface area contributed by atoms with E-state index in [2.05, 4.69) is 34.6 Å². The van der Waals surface area contributed by atoms with Gasteiger partial charge in [0.25, 0.3) is 0 Å². The van der Waals surface area contributed by atoms with Crippen molar-refractivity contribution >= 4 is 11.6 Å². The van der Waals surface area contributed by atoms with Gasteiger partial charge in [0, 0.05) is 23.7 Å². The maximum absolute atomic E-state index is 9.96. The molecule has 1 fully saturated rings. The van der Waals surface area contributed by atoms with Crippen LogP contribution in [0.1, 0.15) is 36.8 Å². The van der Waals surface area contributed by atoms with E-state index in [0.717, 1.165) is 42.5 Å². The van der Waals surface area contributed by atoms with Crippen LogP contribution in [-0.2, 0) is 6.54 Å². The summed E-state index contributed by atoms with van der Waals surface area (Å²) >= 11 is 6.13. The van der Waals surface area contributed by atoms with E-state index in [4.69, 9.17) is 11.6 Å². The highest BCUT2D eigenvalue weighted by molar-refractivity contribution is 6.31. The molecule has 2 N–H and O–H groups in total. The maximum atomic E-state index is 9.96. The summed E-state index contributed by atoms with van der Waals surface area (Å²) < 4.78 is 1.07. The summed E-state index contributed by atoms with van der Waals surface area (Å²) in [6.07, 6.45) is 5.86. The number of nitrogens with one attached hydrogen (secondary N) is 1. The Morgan fingerprint density at radius 1 is 1.21 bits per heavy atom. The summed E-state index contributed by atoms with van der Waals surface area (Å²) in [5, 5.41) is 14.2. The van der Waals surface area contributed by atoms with E-state index in [1.807, 2.05) is 13.0 Å². The molecular weight excluding hydrogens is 322 g/mol. The monoisotopic (exact) mass is 345 g/mol. The lowest BCUT2D eigenvalue weighted by atomic mass is 9.91. The summed E-state index contributed by atoms with van der Waals surface area (Å²) in [6, 6.07) is 13.0. The van der Waals surface area contributed by atoms with Gasteiger partial charge in [-0.3, -0.25) is 4.99 Å². The third-order valence-electron chi connectivity index (χ3n) is 4.63. The van der Waals surface area contributed by atoms with Crippen molar-refractivity contribution in [1.29, 1.82) is 0 Å². The zero-order valence-corrected chi connectivity index (χ0v) is 14.7. The first-order valence-electron chi connectivity index (χ1n) is 8.51. The maximum Gasteiger partial charge on any atom is 0.165 e. The summed E-state index contributed by atoms with van der Waals surface area (Å²) in [5.74, 6) is 0. The smallest absolute Gasteiger partial charge is 0.165 e. The Morgan fingerprint density at radius 2 is 1.92 bits per heavy atom. The molecule has 0 amide bonds. The van der Waals surface area contributed by atoms with Crippen molar-refractivity contribution in [1.82, 2.24) is 10.0 Å². The highest BCUT2D eigenvalue weighted by atomic mass is 35.5. The molecule has 1 heterocycles. The zero-order valence-electron chi connectivity index (χ0n) is 14.0. The van der Waals surface area contributed by atoms with Crippen LogP contribution in [0, 0.1) is 6.92 Å². The van der Waals surface area contributed by atoms with Gasteiger partial charge in [-0.1, -0.05) is 41.9 Å². The second kappa shape index (κ2) is 7.86. The Bertz CT molecular complexity index is 734. The van der Waals surface area contributed by atoms with Gasteiger partial charge in [0.2, 0.25) is 0 Å². The van der Waals surface area contributed by atoms with Gasteiger partial charge in [0.1, 0.15) is 0 Å². The first-order chi connectivity index (χ1) is 11.6. The number of halogens is 1. The molecule has 3 rings (SSSR count). The van der Waals surface area contributed by atoms with Crippen LogP contribution >= 0.6 is 11.6 Å². The minimum Gasteiger partial charge on any atom is -0.427 e. The molecular formula is C19H24ClN3O. The third-order valence-corrected chi connectivity index (χ3v) is 5.04. The Balaban J connectivity index is 1.55. The largest absolute Gasteiger partial charge is 0.427 e. The predicted octanol–water partition coefficient (Wildman–Crippen LogP) is 3.69. The van der Waals surface area contributed by atoms with Crippen molar-refractivity contribution in [3.05, 3.63) is 64.2 Å². The van der Waals surface area contributed by atoms with Gasteiger partial charge in [-0.2, -0.15) is 4.73 Å². The molecule has 1 aliphatic rings. The number of aromatic nitrogens is 1. The Morgan fingerprint density at radius 3 is 2.62 bits per heavy atom. The molecule has 5 heteroatoms. The van der Waals surface area contributed by atoms with Crippen LogP contribution in [0.2, 0.25) is 5.02 Å². The molecule has 0 radical (unpaired) electrons. The number of pyridine rings is 1. The fourth-order valence-corrected chi connectivity index (χ4v) is 3.30. The fourth-order valence-electron chi connectivity index (χ4n) is 3.16. The standard InChI is InChI=1S/C19H24ClN3O/c1-14-13-23(24)19(11-18(14)20)22-17-9-7-16(8-10-17)21-12-15-5-3-2-4-6-15/h2-6,11,13,16-17,21,24H,7-10,12H2,1H3. The lowest BCUT2D eigenvalue weighted by Crippen LogP contribution is -2.34. The average molecular weight is 346 g/mol. The normalized spacial score (nSPS) is 21.8. The summed E-state index contributed by atoms with van der Waals surface area (Å²) in [7, 11) is 0. The van der Waals surface area contributed by atoms with Crippen molar-refractivity contribution in [2.45, 2.75) is 51.2 Å². The average Bonchev–Trinajstić information content (AvgIpc) is 2.60. The van der Waals surface area contributed by atoms with Crippen LogP contribution < -0.4 is 10.8 Å². The molecule has 2 aromatic rings. The topological polar surface area (TPSA) is 49.5 Å². The fraction of sp³-hybridized carbons (Fsp3) is 0.421. The lowest BCUT2D eigenvalue weighted by molar-refractivity contribution is 0.169. The minimum absolute atomic E-state index is 0.247. The molecule has 1 aromatic heterocycles. The quantitative estimate of drug-likeness (QED) is 0.830. The number of hydrogen-bond acceptors (Lipinski definition) is 3. The van der Waals surface area contributed by atoms with Crippen molar-refractivity contribution < 1.29 is 5.21 Å². The predicted molar refractivity (Wildman–Crippen MR) is 96.3 cm³/mol. The van der Waals surface area contributed by atoms with Crippen molar-refractivity contribution in [2.75, 3.05) is 0 Å². The van der Waals surface area contributed by atoms with Crippen LogP contribution in [0.4, 0.5) is 0 Å². The first-order valence-corrected chi connectivity index (χ1v) is 8.89. The molecule has 0 saturated heterocycles. The second-order valence-electron chi connectivity index (χ2n) is 6.51. The van der Waals surface area contributed by atoms with Crippen LogP contribution in [0.25, 0.3) is 0 Å². The molecule has 0 unspecified atom stereocenters. The van der Waals surface area contributed by atoms with Crippen LogP contribution in [0.15, 0.2) is 47.6 Å². The Hall–Kier alpha value is -1.78. The molecule has 4 nitrogen and oxygen atoms in total. The van der Waals surface area contributed by atoms with Gasteiger partial charge >= 0.3 is 0 Å². The summed E-state index contributed by atoms with van der Waals surface area (Å²) in [4.78, 5) is 4.67. The molecule has 1 saturated carbocycles. The second-order valence-corrected chi connectivity index (χ2v) is 6.92. The number of benzene rings is 1. The van der Waals surface area contributed by atoms with Crippen LogP contribution in [0.3, 0.4) is 0 Å². The van der Waals surface area contributed by atoms with Crippen LogP contribution in [0.5, 0.6) is 0 Å². The van der Waals surface area contributed by atoms with Gasteiger partial charge < -0.3 is 10.5 Å². The molecule has 0 spiro atoms. The van der Waals surface area contributed by atoms with Crippen molar-refractivity contribution in [2.24, 2.45) is 4.99 Å². The van der Waals surface area contributed by atoms with E-state index in [-0.39, 0.29) is 6.04 Å². The van der Waals surface area contributed by atoms with E-state index in [0.29, 0.717) is 16.6 Å². The first kappa shape index (κ1) is 17.1. The van der Waals surface area contributed by atoms with Crippen LogP contribution in [-0.4, -0.2) is 22.0 Å². The Kier molecular flexibility index (Phi) is 5.59. The third kappa shape index (κ3) is 4.40. The Labute approximate surface area is 147 Å². The molecule has 0 bridgehead atoms. The molecule has 128 valence electrons. The molecule has 0 atom stereocenters. The molecule has 0 aliphatic heterocycles. The van der Waals surface area contributed by atoms with Gasteiger partial charge in [0.15, 0.2) is 5.49 Å². The van der Waals surface area contributed by atoms with Gasteiger partial charge in [-0.25, -0.2) is 0 Å². The highest BCUT2D eigenvalue weighted by Gasteiger charge is 2.20. The number of rotatable bonds is 4. The van der Waals surface area contributed by atoms with E-state index in [9.17, 15) is 5.21 Å². The number of nitrogens with zero attached hydrogens (tertiary/aromatic N) is 2. The van der Waals surface area contributed by atoms with E-state index in [1.165, 1.54) is 5.56 Å². The van der Waals surface area contributed by atoms with Gasteiger partial charge in [-0.15, -0.1) is 0 Å².